The monoisotopic (exact) mass is 405 g/mol. The third kappa shape index (κ3) is 2.01. The van der Waals surface area contributed by atoms with Gasteiger partial charge < -0.3 is 4.57 Å². The Hall–Kier alpha value is -2.45. The van der Waals surface area contributed by atoms with Crippen LogP contribution in [0.4, 0.5) is 0 Å². The van der Waals surface area contributed by atoms with Crippen molar-refractivity contribution in [3.05, 3.63) is 92.5 Å². The molecule has 30 heavy (non-hydrogen) atoms. The summed E-state index contributed by atoms with van der Waals surface area (Å²) in [6, 6.07) is 16.0. The second kappa shape index (κ2) is 5.62. The van der Waals surface area contributed by atoms with E-state index in [0.29, 0.717) is 5.25 Å². The standard InChI is InChI=1S/C28H23NS/c1-2-4-20(5-3-1)29-25-12-18-8-6-16(18)10-21(25)22-15-28-24(14-26(22)29)23-11-17-7-9-19(17)13-27(23)30-28/h1-5,10,12-14,17,28H,6-9,11,15H2. The van der Waals surface area contributed by atoms with Crippen molar-refractivity contribution in [2.24, 2.45) is 5.92 Å². The van der Waals surface area contributed by atoms with Gasteiger partial charge in [0.25, 0.3) is 0 Å². The lowest BCUT2D eigenvalue weighted by molar-refractivity contribution is 0.435. The predicted molar refractivity (Wildman–Crippen MR) is 126 cm³/mol. The number of nitrogens with zero attached hydrogens (tertiary/aromatic N) is 1. The van der Waals surface area contributed by atoms with E-state index in [-0.39, 0.29) is 0 Å². The number of hydrogen-bond donors (Lipinski definition) is 0. The summed E-state index contributed by atoms with van der Waals surface area (Å²) < 4.78 is 2.54. The van der Waals surface area contributed by atoms with Gasteiger partial charge in [0.05, 0.1) is 11.2 Å². The second-order valence-electron chi connectivity index (χ2n) is 9.58. The van der Waals surface area contributed by atoms with E-state index < -0.39 is 0 Å². The van der Waals surface area contributed by atoms with Crippen molar-refractivity contribution in [2.75, 3.05) is 0 Å². The van der Waals surface area contributed by atoms with Crippen LogP contribution in [0.2, 0.25) is 0 Å². The molecule has 2 unspecified atom stereocenters. The molecule has 0 bridgehead atoms. The van der Waals surface area contributed by atoms with E-state index in [1.807, 2.05) is 0 Å². The molecule has 0 radical (unpaired) electrons. The fourth-order valence-corrected chi connectivity index (χ4v) is 7.72. The first-order chi connectivity index (χ1) is 14.8. The Balaban J connectivity index is 1.39. The summed E-state index contributed by atoms with van der Waals surface area (Å²) in [6.45, 7) is 0. The van der Waals surface area contributed by atoms with Gasteiger partial charge in [0.2, 0.25) is 0 Å². The molecule has 2 aromatic carbocycles. The first-order valence-corrected chi connectivity index (χ1v) is 12.3. The summed E-state index contributed by atoms with van der Waals surface area (Å²) >= 11 is 2.14. The maximum absolute atomic E-state index is 2.57. The number of allylic oxidation sites excluding steroid dienone is 3. The summed E-state index contributed by atoms with van der Waals surface area (Å²) in [7, 11) is 0. The van der Waals surface area contributed by atoms with Gasteiger partial charge in [-0.05, 0) is 109 Å². The highest BCUT2D eigenvalue weighted by Crippen LogP contribution is 2.56. The van der Waals surface area contributed by atoms with Gasteiger partial charge in [0, 0.05) is 21.2 Å². The molecule has 3 aromatic rings. The molecular formula is C28H23NS. The van der Waals surface area contributed by atoms with Crippen LogP contribution in [0.15, 0.2) is 70.2 Å². The molecule has 146 valence electrons. The summed E-state index contributed by atoms with van der Waals surface area (Å²) in [5.74, 6) is 0.838. The maximum Gasteiger partial charge on any atom is 0.0540 e. The Labute approximate surface area is 181 Å². The van der Waals surface area contributed by atoms with Gasteiger partial charge in [-0.3, -0.25) is 0 Å². The third-order valence-corrected chi connectivity index (χ3v) is 9.45. The van der Waals surface area contributed by atoms with Crippen LogP contribution in [-0.4, -0.2) is 9.82 Å². The molecule has 8 rings (SSSR count). The summed E-state index contributed by atoms with van der Waals surface area (Å²) in [5.41, 5.74) is 13.8. The molecule has 2 atom stereocenters. The largest absolute Gasteiger partial charge is 0.310 e. The fraction of sp³-hybridized carbons (Fsp3) is 0.286. The number of aryl methyl sites for hydroxylation is 2. The van der Waals surface area contributed by atoms with E-state index in [4.69, 9.17) is 0 Å². The number of rotatable bonds is 1. The number of fused-ring (bicyclic) bond motifs is 7. The second-order valence-corrected chi connectivity index (χ2v) is 10.8. The van der Waals surface area contributed by atoms with E-state index in [9.17, 15) is 0 Å². The maximum atomic E-state index is 2.57. The minimum absolute atomic E-state index is 0.609. The fourth-order valence-electron chi connectivity index (χ4n) is 6.27. The molecule has 5 aliphatic rings. The van der Waals surface area contributed by atoms with Gasteiger partial charge in [-0.2, -0.15) is 0 Å². The highest BCUT2D eigenvalue weighted by molar-refractivity contribution is 8.04. The van der Waals surface area contributed by atoms with Gasteiger partial charge in [-0.25, -0.2) is 0 Å². The topological polar surface area (TPSA) is 4.93 Å². The zero-order valence-electron chi connectivity index (χ0n) is 16.9. The zero-order valence-corrected chi connectivity index (χ0v) is 17.8. The molecule has 0 spiro atoms. The molecule has 1 saturated carbocycles. The summed E-state index contributed by atoms with van der Waals surface area (Å²) in [6.07, 6.45) is 12.8. The number of hydrogen-bond acceptors (Lipinski definition) is 1. The Kier molecular flexibility index (Phi) is 3.05. The molecule has 1 aromatic heterocycles. The van der Waals surface area contributed by atoms with Crippen molar-refractivity contribution >= 4 is 28.7 Å². The molecule has 2 heterocycles. The third-order valence-electron chi connectivity index (χ3n) is 8.13. The van der Waals surface area contributed by atoms with Crippen LogP contribution in [0.5, 0.6) is 0 Å². The predicted octanol–water partition coefficient (Wildman–Crippen LogP) is 6.78. The van der Waals surface area contributed by atoms with Gasteiger partial charge in [0.1, 0.15) is 0 Å². The van der Waals surface area contributed by atoms with Crippen molar-refractivity contribution in [1.29, 1.82) is 0 Å². The molecule has 4 aliphatic carbocycles. The average Bonchev–Trinajstić information content (AvgIpc) is 3.23. The van der Waals surface area contributed by atoms with Crippen molar-refractivity contribution in [3.8, 4) is 5.69 Å². The number of benzene rings is 2. The van der Waals surface area contributed by atoms with Gasteiger partial charge in [-0.15, -0.1) is 11.8 Å². The van der Waals surface area contributed by atoms with Crippen LogP contribution in [-0.2, 0) is 19.3 Å². The minimum atomic E-state index is 0.609. The van der Waals surface area contributed by atoms with E-state index >= 15 is 0 Å². The SMILES string of the molecule is C1=C2CCC2CC2=C1SC1Cc3c(n(-c4ccccc4)c4cc5c(cc34)CC5)C=C21. The van der Waals surface area contributed by atoms with Gasteiger partial charge in [-0.1, -0.05) is 23.8 Å². The minimum Gasteiger partial charge on any atom is -0.310 e. The Morgan fingerprint density at radius 1 is 0.900 bits per heavy atom. The molecule has 0 N–H and O–H groups in total. The van der Waals surface area contributed by atoms with Crippen molar-refractivity contribution in [3.63, 3.8) is 0 Å². The molecule has 0 amide bonds. The molecular weight excluding hydrogens is 382 g/mol. The van der Waals surface area contributed by atoms with Crippen LogP contribution in [0, 0.1) is 5.92 Å². The molecule has 1 nitrogen and oxygen atoms in total. The van der Waals surface area contributed by atoms with E-state index in [2.05, 4.69) is 70.9 Å². The molecule has 2 heteroatoms. The normalized spacial score (nSPS) is 25.3. The number of para-hydroxylation sites is 1. The van der Waals surface area contributed by atoms with Crippen LogP contribution < -0.4 is 0 Å². The van der Waals surface area contributed by atoms with Crippen LogP contribution >= 0.6 is 11.8 Å². The first-order valence-electron chi connectivity index (χ1n) is 11.4. The van der Waals surface area contributed by atoms with Crippen molar-refractivity contribution in [1.82, 2.24) is 4.57 Å². The lowest BCUT2D eigenvalue weighted by atomic mass is 9.71. The first kappa shape index (κ1) is 16.3. The quantitative estimate of drug-likeness (QED) is 0.432. The van der Waals surface area contributed by atoms with Gasteiger partial charge in [0.15, 0.2) is 0 Å². The van der Waals surface area contributed by atoms with E-state index in [0.717, 1.165) is 5.92 Å². The van der Waals surface area contributed by atoms with Crippen molar-refractivity contribution < 1.29 is 0 Å². The highest BCUT2D eigenvalue weighted by Gasteiger charge is 2.40. The average molecular weight is 406 g/mol. The number of aromatic nitrogens is 1. The zero-order chi connectivity index (χ0) is 19.4. The van der Waals surface area contributed by atoms with Crippen LogP contribution in [0.3, 0.4) is 0 Å². The molecule has 1 aliphatic heterocycles. The highest BCUT2D eigenvalue weighted by atomic mass is 32.2. The van der Waals surface area contributed by atoms with E-state index in [1.54, 1.807) is 38.3 Å². The molecule has 1 fully saturated rings. The van der Waals surface area contributed by atoms with Crippen molar-refractivity contribution in [2.45, 2.75) is 43.8 Å². The van der Waals surface area contributed by atoms with Crippen LogP contribution in [0.25, 0.3) is 22.7 Å². The van der Waals surface area contributed by atoms with Crippen LogP contribution in [0.1, 0.15) is 41.6 Å². The Bertz CT molecular complexity index is 1360. The van der Waals surface area contributed by atoms with Gasteiger partial charge >= 0.3 is 0 Å². The lowest BCUT2D eigenvalue weighted by Crippen LogP contribution is -2.20. The smallest absolute Gasteiger partial charge is 0.0540 e. The lowest BCUT2D eigenvalue weighted by Gasteiger charge is -2.34. The summed E-state index contributed by atoms with van der Waals surface area (Å²) in [4.78, 5) is 1.59. The summed E-state index contributed by atoms with van der Waals surface area (Å²) in [5, 5.41) is 2.10. The number of thioether (sulfide) groups is 1. The molecule has 0 saturated heterocycles. The van der Waals surface area contributed by atoms with E-state index in [1.165, 1.54) is 60.8 Å². The Morgan fingerprint density at radius 2 is 1.77 bits per heavy atom. The Morgan fingerprint density at radius 3 is 2.57 bits per heavy atom.